The number of benzene rings is 3. The predicted octanol–water partition coefficient (Wildman–Crippen LogP) is 4.64. The van der Waals surface area contributed by atoms with E-state index in [1.54, 1.807) is 65.0 Å². The van der Waals surface area contributed by atoms with Crippen LogP contribution < -0.4 is 43.0 Å². The molecule has 0 aliphatic heterocycles. The number of carboxylic acid groups (broad SMARTS) is 3. The Morgan fingerprint density at radius 2 is 0.891 bits per heavy atom. The van der Waals surface area contributed by atoms with Crippen LogP contribution in [0, 0.1) is 59.2 Å². The first-order chi connectivity index (χ1) is 61.0. The van der Waals surface area contributed by atoms with Crippen molar-refractivity contribution in [3.05, 3.63) is 95.6 Å². The summed E-state index contributed by atoms with van der Waals surface area (Å²) in [7, 11) is 0. The number of ketones is 8. The van der Waals surface area contributed by atoms with E-state index < -0.39 is 280 Å². The van der Waals surface area contributed by atoms with E-state index in [1.165, 1.54) is 68.3 Å². The highest BCUT2D eigenvalue weighted by atomic mass is 32.2. The number of carboxylic acids is 3. The van der Waals surface area contributed by atoms with Crippen molar-refractivity contribution in [3.8, 4) is 11.5 Å². The third-order valence-corrected chi connectivity index (χ3v) is 24.3. The van der Waals surface area contributed by atoms with Crippen LogP contribution in [0.5, 0.6) is 11.5 Å². The van der Waals surface area contributed by atoms with Crippen molar-refractivity contribution in [2.24, 2.45) is 64.9 Å². The minimum absolute atomic E-state index is 0.0173. The van der Waals surface area contributed by atoms with Gasteiger partial charge in [0.15, 0.2) is 34.7 Å². The number of aromatic hydroxyl groups is 2. The van der Waals surface area contributed by atoms with Crippen molar-refractivity contribution in [1.82, 2.24) is 37.2 Å². The number of phenols is 2. The predicted molar refractivity (Wildman–Crippen MR) is 475 cm³/mol. The fourth-order valence-electron chi connectivity index (χ4n) is 15.4. The quantitative estimate of drug-likeness (QED) is 0.0342. The van der Waals surface area contributed by atoms with Gasteiger partial charge in [-0.25, -0.2) is 0 Å². The lowest BCUT2D eigenvalue weighted by molar-refractivity contribution is -0.143. The average Bonchev–Trinajstić information content (AvgIpc) is 1.49. The summed E-state index contributed by atoms with van der Waals surface area (Å²) >= 11 is 1.09. The van der Waals surface area contributed by atoms with E-state index in [2.05, 4.69) is 37.2 Å². The molecule has 0 aromatic heterocycles. The number of carbonyl (C=O) groups is 18. The standard InChI is InChI=1S/C93H134N8O27S/c1-8-54(4)86(82(115)42-63(36-60-24-29-67(106)30-25-60)89(124)97-74(35-53(2)3)78(111)40-64(44-84(118)119)88(123)96-55(5)17-14-15-34-94)101-91(126)66(49-102)43-79(112)75(38-61-26-31-68(107)32-27-61)98-90(125)65(45-85(120)121)41-80(113)77(50-103)100-93(128)73(57(7)105)47-81(114)76(37-59-20-10-9-11-21-59)99-92(127)72(56(6)104)46-70(109)48-95-87(122)62(28-33-83(116)117)39-71(110)52-129-51-69(108)23-16-22-58-18-12-13-19-58/h9-11,20-21,24-27,29-32,53-58,62-66,72-77,86,102-107H,8,12-19,22-23,28,33-52,94H2,1-7H3,(H,95,122)(H,96,123)(H,97,124)(H,98,125)(H,99,127)(H,100,128)(H,101,126)(H,116,117)(H,118,119)(H,120,121)/t54-,55+,56+,57+,62+,63+,64-,65-,66-,72-,73-,74-,75-,76-,77-,86-/m0/s1. The summed E-state index contributed by atoms with van der Waals surface area (Å²) in [6, 6.07) is 10.6. The minimum atomic E-state index is -1.98. The van der Waals surface area contributed by atoms with Gasteiger partial charge in [0.05, 0.1) is 110 Å². The lowest BCUT2D eigenvalue weighted by atomic mass is 9.85. The molecule has 35 nitrogen and oxygen atoms in total. The van der Waals surface area contributed by atoms with Crippen LogP contribution >= 0.6 is 11.8 Å². The number of aliphatic hydroxyl groups is 4. The molecule has 0 spiro atoms. The largest absolute Gasteiger partial charge is 0.508 e. The van der Waals surface area contributed by atoms with Crippen LogP contribution in [0.3, 0.4) is 0 Å². The molecular weight excluding hydrogens is 1690 g/mol. The van der Waals surface area contributed by atoms with Crippen molar-refractivity contribution >= 4 is 117 Å². The average molecular weight is 1830 g/mol. The summed E-state index contributed by atoms with van der Waals surface area (Å²) in [6.45, 7) is 8.26. The molecule has 1 fully saturated rings. The third kappa shape index (κ3) is 41.8. The molecule has 714 valence electrons. The van der Waals surface area contributed by atoms with Gasteiger partial charge in [0, 0.05) is 75.7 Å². The summed E-state index contributed by atoms with van der Waals surface area (Å²) in [4.78, 5) is 247. The van der Waals surface area contributed by atoms with Gasteiger partial charge in [-0.1, -0.05) is 127 Å². The fraction of sp³-hybridized carbons (Fsp3) is 0.613. The van der Waals surface area contributed by atoms with Crippen molar-refractivity contribution < 1.29 is 132 Å². The Kier molecular flexibility index (Phi) is 50.0. The van der Waals surface area contributed by atoms with E-state index in [-0.39, 0.29) is 78.4 Å². The maximum Gasteiger partial charge on any atom is 0.304 e. The number of nitrogens with two attached hydrogens (primary N) is 1. The molecule has 7 amide bonds. The molecule has 129 heavy (non-hydrogen) atoms. The highest BCUT2D eigenvalue weighted by molar-refractivity contribution is 8.00. The van der Waals surface area contributed by atoms with E-state index in [1.807, 2.05) is 0 Å². The van der Waals surface area contributed by atoms with Crippen LogP contribution in [0.2, 0.25) is 0 Å². The number of thioether (sulfide) groups is 1. The number of aliphatic hydroxyl groups excluding tert-OH is 4. The first-order valence-electron chi connectivity index (χ1n) is 44.4. The van der Waals surface area contributed by atoms with Crippen LogP contribution in [0.1, 0.15) is 213 Å². The zero-order valence-corrected chi connectivity index (χ0v) is 75.7. The van der Waals surface area contributed by atoms with Crippen molar-refractivity contribution in [3.63, 3.8) is 0 Å². The number of hydrogen-bond acceptors (Lipinski definition) is 26. The minimum Gasteiger partial charge on any atom is -0.508 e. The normalized spacial score (nSPS) is 15.9. The Bertz CT molecular complexity index is 4220. The highest BCUT2D eigenvalue weighted by Crippen LogP contribution is 2.30. The van der Waals surface area contributed by atoms with E-state index in [0.717, 1.165) is 44.4 Å². The molecule has 3 aromatic carbocycles. The zero-order valence-electron chi connectivity index (χ0n) is 74.9. The number of unbranched alkanes of at least 4 members (excludes halogenated alkanes) is 1. The topological polar surface area (TPSA) is 600 Å². The summed E-state index contributed by atoms with van der Waals surface area (Å²) in [6.07, 6.45) is -3.03. The molecule has 16 atom stereocenters. The molecule has 3 aromatic rings. The first kappa shape index (κ1) is 111. The van der Waals surface area contributed by atoms with Crippen LogP contribution in [0.15, 0.2) is 78.9 Å². The van der Waals surface area contributed by atoms with Crippen molar-refractivity contribution in [1.29, 1.82) is 0 Å². The van der Waals surface area contributed by atoms with E-state index in [4.69, 9.17) is 5.73 Å². The van der Waals surface area contributed by atoms with Crippen LogP contribution in [0.25, 0.3) is 0 Å². The third-order valence-electron chi connectivity index (χ3n) is 23.2. The Balaban J connectivity index is 1.53. The van der Waals surface area contributed by atoms with Gasteiger partial charge in [0.2, 0.25) is 41.4 Å². The van der Waals surface area contributed by atoms with E-state index in [9.17, 15) is 132 Å². The Morgan fingerprint density at radius 1 is 0.426 bits per heavy atom. The first-order valence-corrected chi connectivity index (χ1v) is 45.6. The molecule has 0 bridgehead atoms. The summed E-state index contributed by atoms with van der Waals surface area (Å²) in [5.74, 6) is -28.4. The van der Waals surface area contributed by atoms with Crippen molar-refractivity contribution in [2.45, 2.75) is 264 Å². The second-order valence-corrected chi connectivity index (χ2v) is 35.7. The number of aliphatic carboxylic acids is 3. The highest BCUT2D eigenvalue weighted by Gasteiger charge is 2.41. The van der Waals surface area contributed by atoms with Gasteiger partial charge < -0.3 is 88.9 Å². The summed E-state index contributed by atoms with van der Waals surface area (Å²) in [5.41, 5.74) is 6.80. The van der Waals surface area contributed by atoms with Gasteiger partial charge in [-0.05, 0) is 137 Å². The van der Waals surface area contributed by atoms with Gasteiger partial charge in [-0.3, -0.25) is 86.3 Å². The molecule has 1 saturated carbocycles. The van der Waals surface area contributed by atoms with E-state index >= 15 is 0 Å². The summed E-state index contributed by atoms with van der Waals surface area (Å²) in [5, 5.41) is 111. The number of phenolic OH excluding ortho intramolecular Hbond substituents is 2. The Morgan fingerprint density at radius 3 is 1.41 bits per heavy atom. The molecule has 0 heterocycles. The van der Waals surface area contributed by atoms with Gasteiger partial charge in [-0.15, -0.1) is 11.8 Å². The lowest BCUT2D eigenvalue weighted by Crippen LogP contribution is -2.52. The molecule has 1 aliphatic rings. The van der Waals surface area contributed by atoms with Gasteiger partial charge in [0.25, 0.3) is 0 Å². The molecule has 36 heteroatoms. The maximum atomic E-state index is 14.8. The second kappa shape index (κ2) is 58.2. The smallest absolute Gasteiger partial charge is 0.304 e. The van der Waals surface area contributed by atoms with Crippen LogP contribution in [-0.4, -0.2) is 238 Å². The SMILES string of the molecule is CC[C@H](C)[C@H](NC(=O)[C@H](CO)CC(=O)[C@H](Cc1ccc(O)cc1)NC(=O)[C@H](CC(=O)O)CC(=O)[C@H](CO)NC(=O)[C@@H](CC(=O)[C@H](Cc1ccccc1)NC(=O)[C@@H](CC(=O)CNC(=O)[C@H](CCC(=O)O)CC(=O)CSCC(=O)CCCC1CCCC1)[C@@H](C)O)[C@@H](C)O)C(=O)C[C@@H](Cc1ccc(O)cc1)C(=O)N[C@@H](CC(C)C)C(=O)C[C@@H](CC(=O)O)C(=O)N[C@H](C)CCCCN. The van der Waals surface area contributed by atoms with E-state index in [0.29, 0.717) is 49.3 Å². The molecule has 18 N–H and O–H groups in total. The number of carbonyl (C=O) groups excluding carboxylic acids is 15. The van der Waals surface area contributed by atoms with Crippen molar-refractivity contribution in [2.75, 3.05) is 37.8 Å². The number of Topliss-reactive ketones (excluding diaryl/α,β-unsaturated/α-hetero) is 8. The monoisotopic (exact) mass is 1830 g/mol. The van der Waals surface area contributed by atoms with Gasteiger partial charge >= 0.3 is 17.9 Å². The fourth-order valence-corrected chi connectivity index (χ4v) is 16.3. The number of amides is 7. The molecule has 0 unspecified atom stereocenters. The number of hydrogen-bond donors (Lipinski definition) is 17. The maximum absolute atomic E-state index is 14.8. The zero-order chi connectivity index (χ0) is 96.1. The molecule has 0 radical (unpaired) electrons. The molecule has 0 saturated heterocycles. The molecule has 1 aliphatic carbocycles. The van der Waals surface area contributed by atoms with Gasteiger partial charge in [-0.2, -0.15) is 0 Å². The number of nitrogens with one attached hydrogen (secondary N) is 7. The Hall–Kier alpha value is -10.5. The summed E-state index contributed by atoms with van der Waals surface area (Å²) < 4.78 is 0. The molecular formula is C93H134N8O27S. The molecule has 4 rings (SSSR count). The van der Waals surface area contributed by atoms with Gasteiger partial charge in [0.1, 0.15) is 29.1 Å². The number of rotatable bonds is 67. The van der Waals surface area contributed by atoms with Crippen LogP contribution in [0.4, 0.5) is 0 Å². The second-order valence-electron chi connectivity index (χ2n) is 34.7. The van der Waals surface area contributed by atoms with Crippen LogP contribution in [-0.2, 0) is 106 Å². The Labute approximate surface area is 756 Å². The lowest BCUT2D eigenvalue weighted by Gasteiger charge is -2.28.